The Morgan fingerprint density at radius 1 is 1.03 bits per heavy atom. The largest absolute Gasteiger partial charge is 0.377 e. The van der Waals surface area contributed by atoms with E-state index in [0.29, 0.717) is 16.1 Å². The number of fused-ring (bicyclic) bond motifs is 1. The molecule has 0 bridgehead atoms. The van der Waals surface area contributed by atoms with Crippen molar-refractivity contribution in [2.45, 2.75) is 32.2 Å². The predicted octanol–water partition coefficient (Wildman–Crippen LogP) is 3.85. The van der Waals surface area contributed by atoms with Crippen LogP contribution in [0.5, 0.6) is 0 Å². The van der Waals surface area contributed by atoms with Gasteiger partial charge >= 0.3 is 0 Å². The zero-order valence-corrected chi connectivity index (χ0v) is 18.2. The van der Waals surface area contributed by atoms with Crippen molar-refractivity contribution in [3.05, 3.63) is 76.4 Å². The summed E-state index contributed by atoms with van der Waals surface area (Å²) in [6, 6.07) is 13.3. The van der Waals surface area contributed by atoms with Crippen molar-refractivity contribution in [3.63, 3.8) is 0 Å². The average molecular weight is 421 g/mol. The van der Waals surface area contributed by atoms with Gasteiger partial charge in [0.15, 0.2) is 18.2 Å². The molecular weight excluding hydrogens is 394 g/mol. The highest BCUT2D eigenvalue weighted by Gasteiger charge is 2.27. The molecule has 1 amide bonds. The third-order valence-corrected chi connectivity index (χ3v) is 6.61. The minimum absolute atomic E-state index is 0.00621. The number of aromatic nitrogens is 1. The molecule has 154 valence electrons. The first kappa shape index (κ1) is 20.3. The van der Waals surface area contributed by atoms with E-state index >= 15 is 0 Å². The lowest BCUT2D eigenvalue weighted by Gasteiger charge is -2.12. The van der Waals surface area contributed by atoms with Gasteiger partial charge in [-0.3, -0.25) is 9.59 Å². The fraction of sp³-hybridized carbons (Fsp3) is 0.292. The van der Waals surface area contributed by atoms with Crippen LogP contribution in [0.15, 0.2) is 54.9 Å². The first-order valence-corrected chi connectivity index (χ1v) is 11.0. The molecule has 2 aromatic heterocycles. The van der Waals surface area contributed by atoms with Gasteiger partial charge in [0.1, 0.15) is 5.00 Å². The molecule has 0 saturated carbocycles. The summed E-state index contributed by atoms with van der Waals surface area (Å²) in [5, 5.41) is 3.72. The smallest absolute Gasteiger partial charge is 0.290 e. The lowest BCUT2D eigenvalue weighted by atomic mass is 9.92. The Labute approximate surface area is 181 Å². The average Bonchev–Trinajstić information content (AvgIpc) is 3.11. The van der Waals surface area contributed by atoms with Gasteiger partial charge in [0.2, 0.25) is 6.54 Å². The van der Waals surface area contributed by atoms with Crippen LogP contribution in [-0.4, -0.2) is 25.8 Å². The Kier molecular flexibility index (Phi) is 5.95. The zero-order chi connectivity index (χ0) is 21.1. The Bertz CT molecular complexity index is 1060. The van der Waals surface area contributed by atoms with Gasteiger partial charge in [0.25, 0.3) is 5.91 Å². The van der Waals surface area contributed by atoms with E-state index in [-0.39, 0.29) is 18.2 Å². The van der Waals surface area contributed by atoms with Crippen molar-refractivity contribution >= 4 is 33.7 Å². The lowest BCUT2D eigenvalue weighted by Crippen LogP contribution is -2.39. The fourth-order valence-electron chi connectivity index (χ4n) is 3.81. The normalized spacial score (nSPS) is 12.9. The highest BCUT2D eigenvalue weighted by molar-refractivity contribution is 7.17. The quantitative estimate of drug-likeness (QED) is 0.487. The van der Waals surface area contributed by atoms with Crippen LogP contribution < -0.4 is 14.8 Å². The number of nitrogens with one attached hydrogen (secondary N) is 1. The number of thiophene rings is 1. The number of hydrogen-bond donors (Lipinski definition) is 1. The number of amides is 1. The van der Waals surface area contributed by atoms with Gasteiger partial charge in [0, 0.05) is 42.4 Å². The molecule has 4 rings (SSSR count). The minimum Gasteiger partial charge on any atom is -0.377 e. The fourth-order valence-corrected chi connectivity index (χ4v) is 5.12. The summed E-state index contributed by atoms with van der Waals surface area (Å²) >= 11 is 1.56. The number of rotatable bonds is 6. The Balaban J connectivity index is 1.58. The zero-order valence-electron chi connectivity index (χ0n) is 17.4. The molecule has 1 aliphatic rings. The van der Waals surface area contributed by atoms with Gasteiger partial charge in [-0.05, 0) is 31.2 Å². The summed E-state index contributed by atoms with van der Waals surface area (Å²) in [4.78, 5) is 29.3. The van der Waals surface area contributed by atoms with Crippen LogP contribution in [-0.2, 0) is 24.2 Å². The molecule has 0 radical (unpaired) electrons. The maximum absolute atomic E-state index is 13.3. The Morgan fingerprint density at radius 3 is 2.43 bits per heavy atom. The third kappa shape index (κ3) is 4.28. The van der Waals surface area contributed by atoms with E-state index in [1.54, 1.807) is 11.3 Å². The second-order valence-electron chi connectivity index (χ2n) is 7.78. The summed E-state index contributed by atoms with van der Waals surface area (Å²) in [6.45, 7) is 0.204. The van der Waals surface area contributed by atoms with Crippen molar-refractivity contribution in [1.82, 2.24) is 0 Å². The van der Waals surface area contributed by atoms with Gasteiger partial charge < -0.3 is 10.2 Å². The van der Waals surface area contributed by atoms with Gasteiger partial charge in [-0.15, -0.1) is 11.3 Å². The molecular formula is C24H26N3O2S+. The van der Waals surface area contributed by atoms with E-state index in [4.69, 9.17) is 0 Å². The molecule has 0 fully saturated rings. The number of carbonyl (C=O) groups is 2. The number of hydrogen-bond acceptors (Lipinski definition) is 4. The van der Waals surface area contributed by atoms with Crippen LogP contribution in [0.1, 0.15) is 39.2 Å². The molecule has 0 saturated heterocycles. The summed E-state index contributed by atoms with van der Waals surface area (Å²) in [5.74, 6) is -0.133. The van der Waals surface area contributed by atoms with Crippen molar-refractivity contribution in [1.29, 1.82) is 0 Å². The summed E-state index contributed by atoms with van der Waals surface area (Å²) in [6.07, 6.45) is 7.88. The molecule has 1 N–H and O–H groups in total. The molecule has 5 nitrogen and oxygen atoms in total. The maximum Gasteiger partial charge on any atom is 0.290 e. The highest BCUT2D eigenvalue weighted by atomic mass is 32.1. The van der Waals surface area contributed by atoms with Crippen molar-refractivity contribution in [3.8, 4) is 0 Å². The van der Waals surface area contributed by atoms with E-state index in [9.17, 15) is 9.59 Å². The van der Waals surface area contributed by atoms with Crippen LogP contribution in [0.2, 0.25) is 0 Å². The standard InChI is InChI=1S/C24H25N3O2S/c1-26(2)18-12-14-27(15-13-18)16-21(28)25-24-22(19-10-6-7-11-20(19)30-24)23(29)17-8-4-3-5-9-17/h3-5,8-9,12-15H,6-7,10-11,16H2,1-2H3/p+1. The van der Waals surface area contributed by atoms with Crippen LogP contribution in [0, 0.1) is 0 Å². The Hall–Kier alpha value is -2.99. The highest BCUT2D eigenvalue weighted by Crippen LogP contribution is 2.39. The monoisotopic (exact) mass is 420 g/mol. The third-order valence-electron chi connectivity index (χ3n) is 5.40. The van der Waals surface area contributed by atoms with E-state index in [1.807, 2.05) is 78.4 Å². The van der Waals surface area contributed by atoms with Gasteiger partial charge in [-0.1, -0.05) is 30.3 Å². The van der Waals surface area contributed by atoms with Crippen LogP contribution >= 0.6 is 11.3 Å². The topological polar surface area (TPSA) is 53.3 Å². The minimum atomic E-state index is -0.127. The summed E-state index contributed by atoms with van der Waals surface area (Å²) < 4.78 is 1.84. The molecule has 1 aliphatic carbocycles. The molecule has 0 aliphatic heterocycles. The predicted molar refractivity (Wildman–Crippen MR) is 120 cm³/mol. The number of benzene rings is 1. The maximum atomic E-state index is 13.3. The van der Waals surface area contributed by atoms with Gasteiger partial charge in [-0.25, -0.2) is 0 Å². The van der Waals surface area contributed by atoms with Crippen molar-refractivity contribution in [2.75, 3.05) is 24.3 Å². The molecule has 1 aromatic carbocycles. The molecule has 3 aromatic rings. The van der Waals surface area contributed by atoms with Crippen molar-refractivity contribution in [2.24, 2.45) is 0 Å². The van der Waals surface area contributed by atoms with Crippen LogP contribution in [0.25, 0.3) is 0 Å². The molecule has 0 atom stereocenters. The SMILES string of the molecule is CN(C)c1cc[n+](CC(=O)Nc2sc3c(c2C(=O)c2ccccc2)CCCC3)cc1. The number of carbonyl (C=O) groups excluding carboxylic acids is 2. The Morgan fingerprint density at radius 2 is 1.73 bits per heavy atom. The molecule has 6 heteroatoms. The molecule has 30 heavy (non-hydrogen) atoms. The van der Waals surface area contributed by atoms with Gasteiger partial charge in [-0.2, -0.15) is 4.57 Å². The first-order chi connectivity index (χ1) is 14.5. The molecule has 2 heterocycles. The van der Waals surface area contributed by atoms with Crippen LogP contribution in [0.3, 0.4) is 0 Å². The summed E-state index contributed by atoms with van der Waals surface area (Å²) in [5.41, 5.74) is 3.54. The van der Waals surface area contributed by atoms with Crippen LogP contribution in [0.4, 0.5) is 10.7 Å². The number of nitrogens with zero attached hydrogens (tertiary/aromatic N) is 2. The number of pyridine rings is 1. The van der Waals surface area contributed by atoms with E-state index in [1.165, 1.54) is 4.88 Å². The second kappa shape index (κ2) is 8.79. The second-order valence-corrected chi connectivity index (χ2v) is 8.89. The van der Waals surface area contributed by atoms with E-state index < -0.39 is 0 Å². The molecule has 0 spiro atoms. The number of anilines is 2. The lowest BCUT2D eigenvalue weighted by molar-refractivity contribution is -0.684. The van der Waals surface area contributed by atoms with E-state index in [0.717, 1.165) is 36.9 Å². The summed E-state index contributed by atoms with van der Waals surface area (Å²) in [7, 11) is 3.96. The number of ketones is 1. The van der Waals surface area contributed by atoms with Crippen molar-refractivity contribution < 1.29 is 14.2 Å². The molecule has 0 unspecified atom stereocenters. The first-order valence-electron chi connectivity index (χ1n) is 10.2. The van der Waals surface area contributed by atoms with E-state index in [2.05, 4.69) is 5.32 Å². The van der Waals surface area contributed by atoms with Gasteiger partial charge in [0.05, 0.1) is 5.56 Å². The number of aryl methyl sites for hydroxylation is 1.